The first-order valence-electron chi connectivity index (χ1n) is 8.26. The number of rotatable bonds is 8. The van der Waals surface area contributed by atoms with Gasteiger partial charge in [0.25, 0.3) is 5.91 Å². The summed E-state index contributed by atoms with van der Waals surface area (Å²) >= 11 is 5.88. The monoisotopic (exact) mass is 359 g/mol. The van der Waals surface area contributed by atoms with Crippen LogP contribution in [0.5, 0.6) is 0 Å². The van der Waals surface area contributed by atoms with Crippen LogP contribution in [-0.4, -0.2) is 24.9 Å². The number of amides is 2. The van der Waals surface area contributed by atoms with E-state index < -0.39 is 0 Å². The van der Waals surface area contributed by atoms with Crippen molar-refractivity contribution in [1.29, 1.82) is 0 Å². The Hall–Kier alpha value is -2.53. The molecule has 0 unspecified atom stereocenters. The van der Waals surface area contributed by atoms with Crippen molar-refractivity contribution in [2.75, 3.05) is 23.7 Å². The topological polar surface area (TPSA) is 70.2 Å². The Bertz CT molecular complexity index is 717. The normalized spacial score (nSPS) is 10.2. The summed E-state index contributed by atoms with van der Waals surface area (Å²) in [6.45, 7) is 2.88. The van der Waals surface area contributed by atoms with Crippen LogP contribution in [0, 0.1) is 0 Å². The molecule has 0 heterocycles. The van der Waals surface area contributed by atoms with Crippen LogP contribution in [0.1, 0.15) is 30.1 Å². The van der Waals surface area contributed by atoms with Gasteiger partial charge in [0.15, 0.2) is 0 Å². The van der Waals surface area contributed by atoms with Crippen LogP contribution in [0.2, 0.25) is 5.02 Å². The van der Waals surface area contributed by atoms with E-state index >= 15 is 0 Å². The maximum atomic E-state index is 11.9. The highest BCUT2D eigenvalue weighted by Crippen LogP contribution is 2.15. The minimum absolute atomic E-state index is 0.0845. The second-order valence-electron chi connectivity index (χ2n) is 5.60. The fourth-order valence-electron chi connectivity index (χ4n) is 2.17. The molecule has 0 spiro atoms. The summed E-state index contributed by atoms with van der Waals surface area (Å²) in [6, 6.07) is 14.0. The molecular weight excluding hydrogens is 338 g/mol. The van der Waals surface area contributed by atoms with Gasteiger partial charge in [0.1, 0.15) is 0 Å². The number of halogens is 1. The van der Waals surface area contributed by atoms with E-state index in [1.54, 1.807) is 48.5 Å². The highest BCUT2D eigenvalue weighted by atomic mass is 35.5. The second kappa shape index (κ2) is 9.69. The molecule has 0 aliphatic rings. The van der Waals surface area contributed by atoms with Crippen LogP contribution < -0.4 is 16.0 Å². The molecule has 6 heteroatoms. The Morgan fingerprint density at radius 2 is 1.80 bits per heavy atom. The lowest BCUT2D eigenvalue weighted by molar-refractivity contribution is -0.114. The molecule has 0 aliphatic heterocycles. The Morgan fingerprint density at radius 1 is 1.04 bits per heavy atom. The lowest BCUT2D eigenvalue weighted by Crippen LogP contribution is -2.24. The number of hydrogen-bond donors (Lipinski definition) is 3. The van der Waals surface area contributed by atoms with E-state index in [0.717, 1.165) is 18.5 Å². The van der Waals surface area contributed by atoms with Crippen molar-refractivity contribution in [3.63, 3.8) is 0 Å². The first-order chi connectivity index (χ1) is 12.1. The van der Waals surface area contributed by atoms with E-state index in [9.17, 15) is 9.59 Å². The first-order valence-corrected chi connectivity index (χ1v) is 8.64. The maximum absolute atomic E-state index is 11.9. The Kier molecular flexibility index (Phi) is 7.29. The summed E-state index contributed by atoms with van der Waals surface area (Å²) in [7, 11) is 0. The molecule has 0 atom stereocenters. The Balaban J connectivity index is 1.80. The number of nitrogens with one attached hydrogen (secondary N) is 3. The van der Waals surface area contributed by atoms with E-state index in [2.05, 4.69) is 22.9 Å². The molecule has 2 aromatic carbocycles. The van der Waals surface area contributed by atoms with Gasteiger partial charge in [-0.25, -0.2) is 0 Å². The fraction of sp³-hybridized carbons (Fsp3) is 0.263. The van der Waals surface area contributed by atoms with Gasteiger partial charge in [-0.15, -0.1) is 0 Å². The third kappa shape index (κ3) is 6.47. The molecule has 2 amide bonds. The van der Waals surface area contributed by atoms with Crippen molar-refractivity contribution in [3.05, 3.63) is 59.1 Å². The van der Waals surface area contributed by atoms with Gasteiger partial charge < -0.3 is 16.0 Å². The molecule has 132 valence electrons. The molecule has 3 N–H and O–H groups in total. The number of unbranched alkanes of at least 4 members (excludes halogenated alkanes) is 1. The second-order valence-corrected chi connectivity index (χ2v) is 6.04. The molecule has 5 nitrogen and oxygen atoms in total. The summed E-state index contributed by atoms with van der Waals surface area (Å²) in [4.78, 5) is 23.9. The van der Waals surface area contributed by atoms with E-state index in [0.29, 0.717) is 22.8 Å². The van der Waals surface area contributed by atoms with Gasteiger partial charge in [0.2, 0.25) is 5.91 Å². The predicted molar refractivity (Wildman–Crippen MR) is 102 cm³/mol. The van der Waals surface area contributed by atoms with E-state index in [-0.39, 0.29) is 18.4 Å². The molecule has 2 rings (SSSR count). The predicted octanol–water partition coefficient (Wildman–Crippen LogP) is 3.92. The Morgan fingerprint density at radius 3 is 2.48 bits per heavy atom. The van der Waals surface area contributed by atoms with Crippen molar-refractivity contribution >= 4 is 34.8 Å². The van der Waals surface area contributed by atoms with Crippen LogP contribution in [0.25, 0.3) is 0 Å². The van der Waals surface area contributed by atoms with Gasteiger partial charge in [-0.2, -0.15) is 0 Å². The van der Waals surface area contributed by atoms with Gasteiger partial charge in [-0.05, 0) is 48.9 Å². The van der Waals surface area contributed by atoms with Crippen LogP contribution in [0.15, 0.2) is 48.5 Å². The van der Waals surface area contributed by atoms with Gasteiger partial charge in [-0.3, -0.25) is 9.59 Å². The third-order valence-electron chi connectivity index (χ3n) is 3.52. The van der Waals surface area contributed by atoms with Crippen LogP contribution in [0.3, 0.4) is 0 Å². The lowest BCUT2D eigenvalue weighted by atomic mass is 10.2. The van der Waals surface area contributed by atoms with Crippen molar-refractivity contribution in [2.24, 2.45) is 0 Å². The zero-order valence-corrected chi connectivity index (χ0v) is 14.9. The molecule has 0 aliphatic carbocycles. The quantitative estimate of drug-likeness (QED) is 0.625. The van der Waals surface area contributed by atoms with Crippen LogP contribution in [0.4, 0.5) is 11.4 Å². The summed E-state index contributed by atoms with van der Waals surface area (Å²) in [5.41, 5.74) is 2.02. The molecular formula is C19H22ClN3O2. The highest BCUT2D eigenvalue weighted by Gasteiger charge is 2.06. The minimum Gasteiger partial charge on any atom is -0.376 e. The zero-order chi connectivity index (χ0) is 18.1. The fourth-order valence-corrected chi connectivity index (χ4v) is 2.36. The van der Waals surface area contributed by atoms with E-state index in [1.807, 2.05) is 0 Å². The number of benzene rings is 2. The van der Waals surface area contributed by atoms with Crippen molar-refractivity contribution in [3.8, 4) is 0 Å². The molecule has 0 bridgehead atoms. The lowest BCUT2D eigenvalue weighted by Gasteiger charge is -2.09. The first kappa shape index (κ1) is 18.8. The number of anilines is 2. The van der Waals surface area contributed by atoms with Crippen molar-refractivity contribution in [2.45, 2.75) is 19.8 Å². The van der Waals surface area contributed by atoms with E-state index in [4.69, 9.17) is 11.6 Å². The average molecular weight is 360 g/mol. The maximum Gasteiger partial charge on any atom is 0.251 e. The van der Waals surface area contributed by atoms with E-state index in [1.165, 1.54) is 0 Å². The number of carbonyl (C=O) groups is 2. The average Bonchev–Trinajstić information content (AvgIpc) is 2.60. The smallest absolute Gasteiger partial charge is 0.251 e. The molecule has 2 aromatic rings. The highest BCUT2D eigenvalue weighted by molar-refractivity contribution is 6.30. The van der Waals surface area contributed by atoms with Crippen LogP contribution >= 0.6 is 11.6 Å². The largest absolute Gasteiger partial charge is 0.376 e. The van der Waals surface area contributed by atoms with Crippen molar-refractivity contribution in [1.82, 2.24) is 5.32 Å². The Labute approximate surface area is 152 Å². The SMILES string of the molecule is CCCCNC(=O)c1ccc(NCC(=O)Nc2cccc(Cl)c2)cc1. The van der Waals surface area contributed by atoms with Gasteiger partial charge in [-0.1, -0.05) is 31.0 Å². The summed E-state index contributed by atoms with van der Waals surface area (Å²) in [5, 5.41) is 9.22. The van der Waals surface area contributed by atoms with Crippen LogP contribution in [-0.2, 0) is 4.79 Å². The number of carbonyl (C=O) groups excluding carboxylic acids is 2. The minimum atomic E-state index is -0.177. The summed E-state index contributed by atoms with van der Waals surface area (Å²) in [5.74, 6) is -0.262. The summed E-state index contributed by atoms with van der Waals surface area (Å²) in [6.07, 6.45) is 2.01. The molecule has 0 aromatic heterocycles. The standard InChI is InChI=1S/C19H22ClN3O2/c1-2-3-11-21-19(25)14-7-9-16(10-8-14)22-13-18(24)23-17-6-4-5-15(20)12-17/h4-10,12,22H,2-3,11,13H2,1H3,(H,21,25)(H,23,24). The zero-order valence-electron chi connectivity index (χ0n) is 14.1. The molecule has 0 fully saturated rings. The molecule has 0 saturated heterocycles. The molecule has 25 heavy (non-hydrogen) atoms. The third-order valence-corrected chi connectivity index (χ3v) is 3.76. The van der Waals surface area contributed by atoms with Gasteiger partial charge >= 0.3 is 0 Å². The molecule has 0 saturated carbocycles. The number of hydrogen-bond acceptors (Lipinski definition) is 3. The van der Waals surface area contributed by atoms with Crippen molar-refractivity contribution < 1.29 is 9.59 Å². The van der Waals surface area contributed by atoms with Gasteiger partial charge in [0, 0.05) is 28.5 Å². The summed E-state index contributed by atoms with van der Waals surface area (Å²) < 4.78 is 0. The molecule has 0 radical (unpaired) electrons. The van der Waals surface area contributed by atoms with Gasteiger partial charge in [0.05, 0.1) is 6.54 Å².